The van der Waals surface area contributed by atoms with E-state index in [1.165, 1.54) is 12.8 Å². The van der Waals surface area contributed by atoms with Crippen molar-refractivity contribution in [2.24, 2.45) is 5.73 Å². The molecule has 0 radical (unpaired) electrons. The normalized spacial score (nSPS) is 16.4. The molecule has 4 nitrogen and oxygen atoms in total. The molecule has 2 aromatic rings. The molecule has 20 heavy (non-hydrogen) atoms. The first-order chi connectivity index (χ1) is 9.74. The van der Waals surface area contributed by atoms with Crippen LogP contribution in [-0.2, 0) is 0 Å². The standard InChI is InChI=1S/C16H20N4/c1-12(17)13-4-6-14(7-5-13)15-8-9-18-16(19-15)20-10-2-3-11-20/h4-9,12H,2-3,10-11,17H2,1H3. The highest BCUT2D eigenvalue weighted by Crippen LogP contribution is 2.22. The van der Waals surface area contributed by atoms with Crippen molar-refractivity contribution in [2.45, 2.75) is 25.8 Å². The smallest absolute Gasteiger partial charge is 0.225 e. The van der Waals surface area contributed by atoms with Crippen LogP contribution in [0.3, 0.4) is 0 Å². The van der Waals surface area contributed by atoms with E-state index in [1.54, 1.807) is 0 Å². The van der Waals surface area contributed by atoms with Crippen LogP contribution >= 0.6 is 0 Å². The lowest BCUT2D eigenvalue weighted by molar-refractivity contribution is 0.818. The molecule has 0 saturated carbocycles. The molecular formula is C16H20N4. The van der Waals surface area contributed by atoms with E-state index in [0.29, 0.717) is 0 Å². The lowest BCUT2D eigenvalue weighted by Crippen LogP contribution is -2.20. The highest BCUT2D eigenvalue weighted by atomic mass is 15.3. The van der Waals surface area contributed by atoms with Gasteiger partial charge in [0.1, 0.15) is 0 Å². The largest absolute Gasteiger partial charge is 0.341 e. The fourth-order valence-electron chi connectivity index (χ4n) is 2.54. The Bertz CT molecular complexity index is 571. The van der Waals surface area contributed by atoms with Crippen molar-refractivity contribution in [2.75, 3.05) is 18.0 Å². The second-order valence-electron chi connectivity index (χ2n) is 5.35. The Balaban J connectivity index is 1.87. The van der Waals surface area contributed by atoms with Crippen molar-refractivity contribution in [3.8, 4) is 11.3 Å². The minimum Gasteiger partial charge on any atom is -0.341 e. The number of rotatable bonds is 3. The maximum Gasteiger partial charge on any atom is 0.225 e. The molecule has 2 N–H and O–H groups in total. The molecular weight excluding hydrogens is 248 g/mol. The zero-order valence-corrected chi connectivity index (χ0v) is 11.8. The molecule has 0 aliphatic carbocycles. The van der Waals surface area contributed by atoms with Gasteiger partial charge in [0.25, 0.3) is 0 Å². The molecule has 104 valence electrons. The first kappa shape index (κ1) is 13.1. The number of nitrogens with zero attached hydrogens (tertiary/aromatic N) is 3. The van der Waals surface area contributed by atoms with Gasteiger partial charge in [-0.2, -0.15) is 0 Å². The van der Waals surface area contributed by atoms with Crippen molar-refractivity contribution in [3.05, 3.63) is 42.1 Å². The molecule has 1 fully saturated rings. The van der Waals surface area contributed by atoms with Crippen LogP contribution in [0.5, 0.6) is 0 Å². The third-order valence-electron chi connectivity index (χ3n) is 3.76. The van der Waals surface area contributed by atoms with E-state index in [-0.39, 0.29) is 6.04 Å². The molecule has 1 unspecified atom stereocenters. The van der Waals surface area contributed by atoms with Gasteiger partial charge < -0.3 is 10.6 Å². The molecule has 1 aliphatic rings. The van der Waals surface area contributed by atoms with Crippen LogP contribution in [0.15, 0.2) is 36.5 Å². The second kappa shape index (κ2) is 5.59. The summed E-state index contributed by atoms with van der Waals surface area (Å²) in [5, 5.41) is 0. The molecule has 1 aliphatic heterocycles. The van der Waals surface area contributed by atoms with E-state index in [0.717, 1.165) is 35.9 Å². The minimum atomic E-state index is 0.0645. The zero-order valence-electron chi connectivity index (χ0n) is 11.8. The fraction of sp³-hybridized carbons (Fsp3) is 0.375. The minimum absolute atomic E-state index is 0.0645. The van der Waals surface area contributed by atoms with Gasteiger partial charge in [-0.05, 0) is 31.4 Å². The lowest BCUT2D eigenvalue weighted by Gasteiger charge is -2.15. The van der Waals surface area contributed by atoms with E-state index in [1.807, 2.05) is 19.2 Å². The van der Waals surface area contributed by atoms with Crippen LogP contribution in [0, 0.1) is 0 Å². The Kier molecular flexibility index (Phi) is 3.65. The Morgan fingerprint density at radius 3 is 2.45 bits per heavy atom. The van der Waals surface area contributed by atoms with E-state index >= 15 is 0 Å². The molecule has 0 amide bonds. The number of hydrogen-bond donors (Lipinski definition) is 1. The van der Waals surface area contributed by atoms with Crippen LogP contribution in [0.2, 0.25) is 0 Å². The van der Waals surface area contributed by atoms with Crippen molar-refractivity contribution < 1.29 is 0 Å². The second-order valence-corrected chi connectivity index (χ2v) is 5.35. The van der Waals surface area contributed by atoms with Gasteiger partial charge in [-0.1, -0.05) is 24.3 Å². The molecule has 0 spiro atoms. The summed E-state index contributed by atoms with van der Waals surface area (Å²) in [5.74, 6) is 0.844. The van der Waals surface area contributed by atoms with Gasteiger partial charge in [0.15, 0.2) is 0 Å². The van der Waals surface area contributed by atoms with Crippen LogP contribution in [0.25, 0.3) is 11.3 Å². The van der Waals surface area contributed by atoms with E-state index in [9.17, 15) is 0 Å². The van der Waals surface area contributed by atoms with Gasteiger partial charge in [-0.25, -0.2) is 9.97 Å². The van der Waals surface area contributed by atoms with Crippen LogP contribution in [0.4, 0.5) is 5.95 Å². The number of hydrogen-bond acceptors (Lipinski definition) is 4. The quantitative estimate of drug-likeness (QED) is 0.930. The van der Waals surface area contributed by atoms with E-state index in [2.05, 4.69) is 39.1 Å². The summed E-state index contributed by atoms with van der Waals surface area (Å²) < 4.78 is 0. The average molecular weight is 268 g/mol. The predicted molar refractivity (Wildman–Crippen MR) is 81.5 cm³/mol. The summed E-state index contributed by atoms with van der Waals surface area (Å²) in [6.45, 7) is 4.12. The van der Waals surface area contributed by atoms with Crippen molar-refractivity contribution in [1.82, 2.24) is 9.97 Å². The van der Waals surface area contributed by atoms with Gasteiger partial charge in [0, 0.05) is 30.9 Å². The van der Waals surface area contributed by atoms with Crippen LogP contribution in [-0.4, -0.2) is 23.1 Å². The highest BCUT2D eigenvalue weighted by Gasteiger charge is 2.15. The maximum atomic E-state index is 5.88. The van der Waals surface area contributed by atoms with Crippen molar-refractivity contribution in [3.63, 3.8) is 0 Å². The first-order valence-electron chi connectivity index (χ1n) is 7.18. The third-order valence-corrected chi connectivity index (χ3v) is 3.76. The van der Waals surface area contributed by atoms with Gasteiger partial charge in [-0.15, -0.1) is 0 Å². The van der Waals surface area contributed by atoms with E-state index < -0.39 is 0 Å². The van der Waals surface area contributed by atoms with Gasteiger partial charge in [0.05, 0.1) is 5.69 Å². The lowest BCUT2D eigenvalue weighted by atomic mass is 10.1. The summed E-state index contributed by atoms with van der Waals surface area (Å²) >= 11 is 0. The number of nitrogens with two attached hydrogens (primary N) is 1. The zero-order chi connectivity index (χ0) is 13.9. The Morgan fingerprint density at radius 2 is 1.80 bits per heavy atom. The molecule has 1 aromatic carbocycles. The Hall–Kier alpha value is -1.94. The summed E-state index contributed by atoms with van der Waals surface area (Å²) in [7, 11) is 0. The van der Waals surface area contributed by atoms with Crippen molar-refractivity contribution in [1.29, 1.82) is 0 Å². The van der Waals surface area contributed by atoms with Gasteiger partial charge in [0.2, 0.25) is 5.95 Å². The monoisotopic (exact) mass is 268 g/mol. The SMILES string of the molecule is CC(N)c1ccc(-c2ccnc(N3CCCC3)n2)cc1. The fourth-order valence-corrected chi connectivity index (χ4v) is 2.54. The molecule has 1 aromatic heterocycles. The van der Waals surface area contributed by atoms with Gasteiger partial charge >= 0.3 is 0 Å². The first-order valence-corrected chi connectivity index (χ1v) is 7.18. The van der Waals surface area contributed by atoms with Crippen molar-refractivity contribution >= 4 is 5.95 Å². The molecule has 0 bridgehead atoms. The van der Waals surface area contributed by atoms with Gasteiger partial charge in [-0.3, -0.25) is 0 Å². The predicted octanol–water partition coefficient (Wildman–Crippen LogP) is 2.76. The topological polar surface area (TPSA) is 55.0 Å². The average Bonchev–Trinajstić information content (AvgIpc) is 3.02. The molecule has 2 heterocycles. The number of benzene rings is 1. The molecule has 1 atom stereocenters. The third kappa shape index (κ3) is 2.65. The Morgan fingerprint density at radius 1 is 1.10 bits per heavy atom. The highest BCUT2D eigenvalue weighted by molar-refractivity contribution is 5.60. The van der Waals surface area contributed by atoms with Crippen LogP contribution < -0.4 is 10.6 Å². The Labute approximate surface area is 119 Å². The summed E-state index contributed by atoms with van der Waals surface area (Å²) in [4.78, 5) is 11.3. The molecule has 4 heteroatoms. The summed E-state index contributed by atoms with van der Waals surface area (Å²) in [6.07, 6.45) is 4.31. The molecule has 3 rings (SSSR count). The summed E-state index contributed by atoms with van der Waals surface area (Å²) in [5.41, 5.74) is 9.10. The van der Waals surface area contributed by atoms with E-state index in [4.69, 9.17) is 5.73 Å². The molecule has 1 saturated heterocycles. The number of aromatic nitrogens is 2. The van der Waals surface area contributed by atoms with Crippen LogP contribution in [0.1, 0.15) is 31.4 Å². The maximum absolute atomic E-state index is 5.88. The summed E-state index contributed by atoms with van der Waals surface area (Å²) in [6, 6.07) is 10.3. The number of anilines is 1.